The summed E-state index contributed by atoms with van der Waals surface area (Å²) in [6.45, 7) is 2.95. The van der Waals surface area contributed by atoms with Gasteiger partial charge in [-0.25, -0.2) is 0 Å². The van der Waals surface area contributed by atoms with Gasteiger partial charge in [0.1, 0.15) is 5.92 Å². The Morgan fingerprint density at radius 2 is 1.70 bits per heavy atom. The molecule has 0 spiro atoms. The van der Waals surface area contributed by atoms with Gasteiger partial charge in [-0.1, -0.05) is 25.1 Å². The molecular weight excluding hydrogens is 287 g/mol. The smallest absolute Gasteiger partial charge is 0.393 e. The van der Waals surface area contributed by atoms with Crippen LogP contribution in [-0.4, -0.2) is 59.7 Å². The monoisotopic (exact) mass is 309 g/mol. The summed E-state index contributed by atoms with van der Waals surface area (Å²) in [6.07, 6.45) is 0.690. The molecule has 0 aromatic carbocycles. The zero-order valence-corrected chi connectivity index (χ0v) is 12.3. The fourth-order valence-electron chi connectivity index (χ4n) is 3.19. The van der Waals surface area contributed by atoms with Crippen LogP contribution in [0.5, 0.6) is 0 Å². The van der Waals surface area contributed by atoms with Crippen molar-refractivity contribution >= 4 is 17.2 Å². The first-order valence-electron chi connectivity index (χ1n) is 7.20. The lowest BCUT2D eigenvalue weighted by atomic mass is 10.1. The van der Waals surface area contributed by atoms with Crippen molar-refractivity contribution in [2.75, 3.05) is 32.7 Å². The van der Waals surface area contributed by atoms with Crippen molar-refractivity contribution in [3.8, 4) is 0 Å². The molecule has 3 nitrogen and oxygen atoms in total. The van der Waals surface area contributed by atoms with Crippen LogP contribution in [0.15, 0.2) is 0 Å². The Bertz CT molecular complexity index is 334. The molecule has 1 saturated heterocycles. The second kappa shape index (κ2) is 6.58. The highest BCUT2D eigenvalue weighted by atomic mass is 32.1. The number of piperazine rings is 1. The van der Waals surface area contributed by atoms with Crippen LogP contribution in [0, 0.1) is 5.92 Å². The summed E-state index contributed by atoms with van der Waals surface area (Å²) in [5.41, 5.74) is 5.24. The number of nitrogens with two attached hydrogens (primary N) is 1. The van der Waals surface area contributed by atoms with E-state index in [1.165, 1.54) is 25.7 Å². The number of halogens is 3. The summed E-state index contributed by atoms with van der Waals surface area (Å²) in [7, 11) is 0. The lowest BCUT2D eigenvalue weighted by Crippen LogP contribution is -2.53. The molecule has 0 bridgehead atoms. The average Bonchev–Trinajstić information content (AvgIpc) is 2.88. The molecule has 0 aromatic heterocycles. The van der Waals surface area contributed by atoms with Crippen molar-refractivity contribution in [1.82, 2.24) is 9.80 Å². The van der Waals surface area contributed by atoms with Crippen molar-refractivity contribution < 1.29 is 13.2 Å². The number of hydrogen-bond donors (Lipinski definition) is 1. The Morgan fingerprint density at radius 3 is 2.15 bits per heavy atom. The molecule has 1 atom stereocenters. The maximum Gasteiger partial charge on any atom is 0.399 e. The largest absolute Gasteiger partial charge is 0.399 e. The van der Waals surface area contributed by atoms with Gasteiger partial charge in [0.15, 0.2) is 0 Å². The lowest BCUT2D eigenvalue weighted by Gasteiger charge is -2.39. The lowest BCUT2D eigenvalue weighted by molar-refractivity contribution is -0.160. The molecule has 2 N–H and O–H groups in total. The minimum absolute atomic E-state index is 0.0999. The Balaban J connectivity index is 1.82. The summed E-state index contributed by atoms with van der Waals surface area (Å²) in [4.78, 5) is 3.81. The number of hydrogen-bond acceptors (Lipinski definition) is 3. The quantitative estimate of drug-likeness (QED) is 0.805. The van der Waals surface area contributed by atoms with E-state index < -0.39 is 17.1 Å². The van der Waals surface area contributed by atoms with Crippen LogP contribution in [-0.2, 0) is 0 Å². The number of alkyl halides is 3. The highest BCUT2D eigenvalue weighted by molar-refractivity contribution is 7.80. The minimum Gasteiger partial charge on any atom is -0.393 e. The molecule has 20 heavy (non-hydrogen) atoms. The van der Waals surface area contributed by atoms with Gasteiger partial charge >= 0.3 is 6.18 Å². The topological polar surface area (TPSA) is 32.5 Å². The Kier molecular flexibility index (Phi) is 5.25. The molecule has 1 aliphatic heterocycles. The van der Waals surface area contributed by atoms with Gasteiger partial charge in [0.05, 0.1) is 4.99 Å². The maximum absolute atomic E-state index is 12.8. The van der Waals surface area contributed by atoms with E-state index in [4.69, 9.17) is 5.73 Å². The molecule has 7 heteroatoms. The van der Waals surface area contributed by atoms with Crippen molar-refractivity contribution in [3.05, 3.63) is 0 Å². The predicted molar refractivity (Wildman–Crippen MR) is 76.6 cm³/mol. The van der Waals surface area contributed by atoms with Crippen molar-refractivity contribution in [2.24, 2.45) is 11.7 Å². The molecule has 0 aromatic rings. The van der Waals surface area contributed by atoms with E-state index in [1.54, 1.807) is 0 Å². The van der Waals surface area contributed by atoms with E-state index in [0.29, 0.717) is 19.1 Å². The minimum atomic E-state index is -4.34. The normalized spacial score (nSPS) is 24.9. The van der Waals surface area contributed by atoms with Gasteiger partial charge < -0.3 is 5.73 Å². The van der Waals surface area contributed by atoms with Gasteiger partial charge in [0, 0.05) is 38.8 Å². The molecule has 2 aliphatic rings. The van der Waals surface area contributed by atoms with Gasteiger partial charge in [-0.3, -0.25) is 9.80 Å². The number of thiocarbonyl (C=S) groups is 1. The molecule has 1 unspecified atom stereocenters. The van der Waals surface area contributed by atoms with E-state index in [2.05, 4.69) is 17.1 Å². The van der Waals surface area contributed by atoms with Crippen molar-refractivity contribution in [1.29, 1.82) is 0 Å². The fourth-order valence-corrected chi connectivity index (χ4v) is 3.40. The van der Waals surface area contributed by atoms with Crippen LogP contribution in [0.1, 0.15) is 25.7 Å². The van der Waals surface area contributed by atoms with Crippen LogP contribution >= 0.6 is 12.2 Å². The zero-order valence-electron chi connectivity index (χ0n) is 11.5. The first-order chi connectivity index (χ1) is 9.38. The molecule has 2 rings (SSSR count). The van der Waals surface area contributed by atoms with E-state index in [0.717, 1.165) is 13.1 Å². The first-order valence-corrected chi connectivity index (χ1v) is 7.61. The predicted octanol–water partition coefficient (Wildman–Crippen LogP) is 2.01. The molecule has 1 aliphatic carbocycles. The number of rotatable bonds is 4. The Morgan fingerprint density at radius 1 is 1.15 bits per heavy atom. The van der Waals surface area contributed by atoms with E-state index in [9.17, 15) is 13.2 Å². The summed E-state index contributed by atoms with van der Waals surface area (Å²) < 4.78 is 38.5. The molecule has 1 heterocycles. The van der Waals surface area contributed by atoms with Crippen LogP contribution in [0.2, 0.25) is 0 Å². The summed E-state index contributed by atoms with van der Waals surface area (Å²) in [5.74, 6) is -1.68. The van der Waals surface area contributed by atoms with E-state index in [-0.39, 0.29) is 6.54 Å². The molecule has 2 fully saturated rings. The molecule has 116 valence electrons. The summed E-state index contributed by atoms with van der Waals surface area (Å²) in [6, 6.07) is 0.645. The Hall–Kier alpha value is -0.400. The Labute approximate surface area is 123 Å². The molecule has 0 amide bonds. The third-order valence-corrected chi connectivity index (χ3v) is 4.71. The average molecular weight is 309 g/mol. The summed E-state index contributed by atoms with van der Waals surface area (Å²) >= 11 is 4.56. The van der Waals surface area contributed by atoms with Gasteiger partial charge in [0.25, 0.3) is 0 Å². The van der Waals surface area contributed by atoms with Gasteiger partial charge in [-0.05, 0) is 12.8 Å². The first kappa shape index (κ1) is 16.0. The standard InChI is InChI=1S/C13H22F3N3S/c14-13(15,16)11(12(17)20)9-18-5-7-19(8-6-18)10-3-1-2-4-10/h10-11H,1-9H2,(H2,17,20). The van der Waals surface area contributed by atoms with E-state index >= 15 is 0 Å². The SMILES string of the molecule is NC(=S)C(CN1CCN(C2CCCC2)CC1)C(F)(F)F. The van der Waals surface area contributed by atoms with Crippen LogP contribution in [0.3, 0.4) is 0 Å². The van der Waals surface area contributed by atoms with Crippen LogP contribution < -0.4 is 5.73 Å². The fraction of sp³-hybridized carbons (Fsp3) is 0.923. The second-order valence-electron chi connectivity index (χ2n) is 5.77. The van der Waals surface area contributed by atoms with Gasteiger partial charge in [-0.15, -0.1) is 0 Å². The second-order valence-corrected chi connectivity index (χ2v) is 6.24. The number of nitrogens with zero attached hydrogens (tertiary/aromatic N) is 2. The maximum atomic E-state index is 12.8. The third kappa shape index (κ3) is 4.05. The van der Waals surface area contributed by atoms with Crippen molar-refractivity contribution in [2.45, 2.75) is 37.9 Å². The highest BCUT2D eigenvalue weighted by Gasteiger charge is 2.43. The van der Waals surface area contributed by atoms with Crippen molar-refractivity contribution in [3.63, 3.8) is 0 Å². The van der Waals surface area contributed by atoms with Gasteiger partial charge in [0.2, 0.25) is 0 Å². The third-order valence-electron chi connectivity index (χ3n) is 4.43. The zero-order chi connectivity index (χ0) is 14.8. The van der Waals surface area contributed by atoms with E-state index in [1.807, 2.05) is 4.90 Å². The molecule has 1 saturated carbocycles. The molecular formula is C13H22F3N3S. The van der Waals surface area contributed by atoms with Crippen LogP contribution in [0.25, 0.3) is 0 Å². The molecule has 0 radical (unpaired) electrons. The van der Waals surface area contributed by atoms with Gasteiger partial charge in [-0.2, -0.15) is 13.2 Å². The van der Waals surface area contributed by atoms with Crippen LogP contribution in [0.4, 0.5) is 13.2 Å². The highest BCUT2D eigenvalue weighted by Crippen LogP contribution is 2.28. The summed E-state index contributed by atoms with van der Waals surface area (Å²) in [5, 5.41) is 0.